The minimum atomic E-state index is -5.53. The van der Waals surface area contributed by atoms with Crippen molar-refractivity contribution >= 4 is 21.0 Å². The van der Waals surface area contributed by atoms with Crippen molar-refractivity contribution in [1.82, 2.24) is 0 Å². The predicted octanol–water partition coefficient (Wildman–Crippen LogP) is 5.26. The first-order valence-electron chi connectivity index (χ1n) is 9.02. The van der Waals surface area contributed by atoms with Crippen molar-refractivity contribution in [2.24, 2.45) is 0 Å². The maximum atomic E-state index is 13.4. The lowest BCUT2D eigenvalue weighted by Gasteiger charge is -2.14. The number of hydrogen-bond donors (Lipinski definition) is 1. The highest BCUT2D eigenvalue weighted by molar-refractivity contribution is 7.97. The zero-order valence-electron chi connectivity index (χ0n) is 16.4. The van der Waals surface area contributed by atoms with E-state index in [1.54, 1.807) is 12.1 Å². The summed E-state index contributed by atoms with van der Waals surface area (Å²) in [6.07, 6.45) is 0. The topological polar surface area (TPSA) is 63.6 Å². The average molecular weight is 452 g/mol. The lowest BCUT2D eigenvalue weighted by Crippen LogP contribution is -2.34. The van der Waals surface area contributed by atoms with Gasteiger partial charge in [0.1, 0.15) is 5.75 Å². The zero-order valence-corrected chi connectivity index (χ0v) is 18.0. The third kappa shape index (κ3) is 5.19. The van der Waals surface area contributed by atoms with Crippen LogP contribution in [-0.2, 0) is 21.0 Å². The van der Waals surface area contributed by atoms with Crippen LogP contribution in [0.4, 0.5) is 8.78 Å². The van der Waals surface area contributed by atoms with Crippen molar-refractivity contribution in [2.75, 3.05) is 6.61 Å². The molecule has 3 aromatic carbocycles. The molecule has 0 radical (unpaired) electrons. The summed E-state index contributed by atoms with van der Waals surface area (Å²) >= 11 is 0. The molecule has 0 bridgehead atoms. The summed E-state index contributed by atoms with van der Waals surface area (Å²) in [6, 6.07) is 23.0. The van der Waals surface area contributed by atoms with E-state index in [0.29, 0.717) is 0 Å². The van der Waals surface area contributed by atoms with Crippen molar-refractivity contribution in [3.8, 4) is 5.75 Å². The number of ether oxygens (including phenoxy) is 1. The van der Waals surface area contributed by atoms with Gasteiger partial charge < -0.3 is 4.74 Å². The summed E-state index contributed by atoms with van der Waals surface area (Å²) in [5.74, 6) is 0.0819. The Labute approximate surface area is 177 Å². The smallest absolute Gasteiger partial charge is 0.402 e. The van der Waals surface area contributed by atoms with Gasteiger partial charge >= 0.3 is 15.4 Å². The molecule has 0 aliphatic carbocycles. The number of alkyl halides is 2. The third-order valence-corrected chi connectivity index (χ3v) is 7.46. The van der Waals surface area contributed by atoms with Gasteiger partial charge in [-0.3, -0.25) is 4.55 Å². The van der Waals surface area contributed by atoms with E-state index in [1.807, 2.05) is 38.1 Å². The number of aryl methyl sites for hydroxylation is 2. The standard InChI is InChI=1S/C22H20F2O4S2/c1-16-3-9-19(10-4-16)29(20-11-5-17(2)6-12-20)21-13-7-18(8-14-21)28-15-22(23,24)30(25,26)27/h3-14H,15H2,1-2H3/p+1. The van der Waals surface area contributed by atoms with Crippen molar-refractivity contribution in [2.45, 2.75) is 33.8 Å². The van der Waals surface area contributed by atoms with Crippen LogP contribution in [0.15, 0.2) is 87.5 Å². The molecule has 4 nitrogen and oxygen atoms in total. The first-order valence-corrected chi connectivity index (χ1v) is 11.7. The molecule has 0 atom stereocenters. The van der Waals surface area contributed by atoms with Crippen LogP contribution in [0.25, 0.3) is 0 Å². The van der Waals surface area contributed by atoms with Crippen LogP contribution in [0, 0.1) is 13.8 Å². The van der Waals surface area contributed by atoms with E-state index in [-0.39, 0.29) is 5.75 Å². The molecule has 3 aromatic rings. The molecule has 0 saturated carbocycles. The molecule has 0 unspecified atom stereocenters. The van der Waals surface area contributed by atoms with Crippen molar-refractivity contribution in [1.29, 1.82) is 0 Å². The molecule has 158 valence electrons. The largest absolute Gasteiger partial charge is 0.486 e. The highest BCUT2D eigenvalue weighted by atomic mass is 32.2. The Balaban J connectivity index is 1.89. The van der Waals surface area contributed by atoms with E-state index in [0.717, 1.165) is 25.8 Å². The van der Waals surface area contributed by atoms with E-state index in [1.165, 1.54) is 12.1 Å². The van der Waals surface area contributed by atoms with Gasteiger partial charge in [-0.15, -0.1) is 0 Å². The second kappa shape index (κ2) is 8.75. The second-order valence-electron chi connectivity index (χ2n) is 6.80. The minimum absolute atomic E-state index is 0.0819. The quantitative estimate of drug-likeness (QED) is 0.393. The Morgan fingerprint density at radius 3 is 1.53 bits per heavy atom. The summed E-state index contributed by atoms with van der Waals surface area (Å²) < 4.78 is 61.6. The fourth-order valence-electron chi connectivity index (χ4n) is 2.67. The van der Waals surface area contributed by atoms with Crippen LogP contribution in [0.3, 0.4) is 0 Å². The molecular formula is C22H21F2O4S2+. The SMILES string of the molecule is Cc1ccc([S+](c2ccc(C)cc2)c2ccc(OCC(F)(F)S(=O)(=O)O)cc2)cc1. The second-order valence-corrected chi connectivity index (χ2v) is 10.4. The molecule has 0 spiro atoms. The fraction of sp³-hybridized carbons (Fsp3) is 0.182. The number of rotatable bonds is 7. The van der Waals surface area contributed by atoms with Crippen LogP contribution < -0.4 is 4.74 Å². The summed E-state index contributed by atoms with van der Waals surface area (Å²) in [6.45, 7) is 2.57. The minimum Gasteiger partial charge on any atom is -0.486 e. The highest BCUT2D eigenvalue weighted by Gasteiger charge is 2.45. The normalized spacial score (nSPS) is 12.2. The van der Waals surface area contributed by atoms with Crippen LogP contribution in [0.1, 0.15) is 11.1 Å². The Morgan fingerprint density at radius 1 is 0.800 bits per heavy atom. The Bertz CT molecular complexity index is 1050. The number of hydrogen-bond acceptors (Lipinski definition) is 3. The van der Waals surface area contributed by atoms with Gasteiger partial charge in [0.2, 0.25) is 0 Å². The van der Waals surface area contributed by atoms with Gasteiger partial charge in [-0.2, -0.15) is 17.2 Å². The number of halogens is 2. The van der Waals surface area contributed by atoms with E-state index in [2.05, 4.69) is 24.3 Å². The van der Waals surface area contributed by atoms with Crippen LogP contribution in [0.2, 0.25) is 0 Å². The van der Waals surface area contributed by atoms with Crippen LogP contribution in [0.5, 0.6) is 5.75 Å². The van der Waals surface area contributed by atoms with Gasteiger partial charge in [0.05, 0.1) is 10.9 Å². The molecule has 0 aliphatic heterocycles. The highest BCUT2D eigenvalue weighted by Crippen LogP contribution is 2.33. The monoisotopic (exact) mass is 451 g/mol. The molecule has 0 amide bonds. The van der Waals surface area contributed by atoms with E-state index >= 15 is 0 Å². The molecule has 8 heteroatoms. The van der Waals surface area contributed by atoms with Crippen LogP contribution >= 0.6 is 0 Å². The van der Waals surface area contributed by atoms with E-state index in [4.69, 9.17) is 9.29 Å². The maximum Gasteiger partial charge on any atom is 0.402 e. The molecule has 0 aromatic heterocycles. The van der Waals surface area contributed by atoms with Crippen LogP contribution in [-0.4, -0.2) is 24.8 Å². The predicted molar refractivity (Wildman–Crippen MR) is 113 cm³/mol. The van der Waals surface area contributed by atoms with Gasteiger partial charge in [0.15, 0.2) is 21.3 Å². The molecule has 0 fully saturated rings. The van der Waals surface area contributed by atoms with E-state index in [9.17, 15) is 17.2 Å². The Morgan fingerprint density at radius 2 is 1.17 bits per heavy atom. The summed E-state index contributed by atoms with van der Waals surface area (Å²) in [5, 5.41) is -4.38. The average Bonchev–Trinajstić information content (AvgIpc) is 2.69. The Hall–Kier alpha value is -2.42. The fourth-order valence-corrected chi connectivity index (χ4v) is 4.92. The van der Waals surface area contributed by atoms with Gasteiger partial charge in [0, 0.05) is 0 Å². The van der Waals surface area contributed by atoms with Gasteiger partial charge in [0.25, 0.3) is 0 Å². The van der Waals surface area contributed by atoms with Crippen molar-refractivity contribution < 1.29 is 26.5 Å². The van der Waals surface area contributed by atoms with Gasteiger partial charge in [-0.25, -0.2) is 0 Å². The summed E-state index contributed by atoms with van der Waals surface area (Å²) in [5.41, 5.74) is 2.30. The molecule has 0 aliphatic rings. The lowest BCUT2D eigenvalue weighted by atomic mass is 10.2. The first-order chi connectivity index (χ1) is 14.1. The van der Waals surface area contributed by atoms with E-state index < -0.39 is 32.9 Å². The molecule has 3 rings (SSSR count). The molecule has 0 saturated heterocycles. The van der Waals surface area contributed by atoms with Crippen molar-refractivity contribution in [3.63, 3.8) is 0 Å². The zero-order chi connectivity index (χ0) is 21.9. The Kier molecular flexibility index (Phi) is 6.50. The lowest BCUT2D eigenvalue weighted by molar-refractivity contribution is 0.0288. The van der Waals surface area contributed by atoms with Gasteiger partial charge in [-0.05, 0) is 62.4 Å². The molecule has 1 N–H and O–H groups in total. The number of benzene rings is 3. The van der Waals surface area contributed by atoms with Crippen molar-refractivity contribution in [3.05, 3.63) is 83.9 Å². The van der Waals surface area contributed by atoms with Gasteiger partial charge in [-0.1, -0.05) is 35.4 Å². The maximum absolute atomic E-state index is 13.4. The summed E-state index contributed by atoms with van der Waals surface area (Å²) in [7, 11) is -5.94. The molecular weight excluding hydrogens is 430 g/mol. The third-order valence-electron chi connectivity index (χ3n) is 4.36. The first kappa shape index (κ1) is 22.3. The molecule has 0 heterocycles. The summed E-state index contributed by atoms with van der Waals surface area (Å²) in [4.78, 5) is 3.17. The molecule has 30 heavy (non-hydrogen) atoms.